The van der Waals surface area contributed by atoms with Crippen LogP contribution in [0.15, 0.2) is 42.5 Å². The summed E-state index contributed by atoms with van der Waals surface area (Å²) in [6, 6.07) is 14.8. The van der Waals surface area contributed by atoms with Crippen LogP contribution in [-0.4, -0.2) is 0 Å². The second kappa shape index (κ2) is 2.95. The number of rotatable bonds is 1. The second-order valence-electron chi connectivity index (χ2n) is 2.89. The molecule has 0 saturated heterocycles. The Kier molecular flexibility index (Phi) is 1.80. The highest BCUT2D eigenvalue weighted by Crippen LogP contribution is 2.16. The molecular weight excluding hydrogens is 146 g/mol. The lowest BCUT2D eigenvalue weighted by atomic mass is 10.1. The van der Waals surface area contributed by atoms with Gasteiger partial charge in [0.1, 0.15) is 6.54 Å². The van der Waals surface area contributed by atoms with E-state index in [9.17, 15) is 0 Å². The summed E-state index contributed by atoms with van der Waals surface area (Å²) in [5.41, 5.74) is 5.23. The fourth-order valence-corrected chi connectivity index (χ4v) is 1.51. The topological polar surface area (TPSA) is 27.6 Å². The maximum Gasteiger partial charge on any atom is 0.100 e. The number of hydrogen-bond donors (Lipinski definition) is 1. The molecule has 2 aromatic carbocycles. The predicted molar refractivity (Wildman–Crippen MR) is 50.5 cm³/mol. The van der Waals surface area contributed by atoms with Crippen LogP contribution in [0.3, 0.4) is 0 Å². The molecule has 2 aromatic rings. The summed E-state index contributed by atoms with van der Waals surface area (Å²) >= 11 is 0. The van der Waals surface area contributed by atoms with E-state index in [2.05, 4.69) is 48.2 Å². The molecule has 0 aliphatic heterocycles. The Hall–Kier alpha value is -1.34. The van der Waals surface area contributed by atoms with Crippen molar-refractivity contribution in [1.82, 2.24) is 0 Å². The zero-order valence-electron chi connectivity index (χ0n) is 6.96. The van der Waals surface area contributed by atoms with E-state index in [0.29, 0.717) is 0 Å². The molecule has 60 valence electrons. The average molecular weight is 158 g/mol. The largest absolute Gasteiger partial charge is 0.354 e. The molecular formula is C11H12N+. The summed E-state index contributed by atoms with van der Waals surface area (Å²) in [6.07, 6.45) is 0. The Balaban J connectivity index is 2.79. The Morgan fingerprint density at radius 2 is 1.67 bits per heavy atom. The molecule has 3 N–H and O–H groups in total. The summed E-state index contributed by atoms with van der Waals surface area (Å²) in [6.45, 7) is 0.862. The van der Waals surface area contributed by atoms with Crippen molar-refractivity contribution in [3.63, 3.8) is 0 Å². The third-order valence-corrected chi connectivity index (χ3v) is 2.15. The van der Waals surface area contributed by atoms with Crippen LogP contribution < -0.4 is 5.73 Å². The molecule has 0 fully saturated rings. The highest BCUT2D eigenvalue weighted by Gasteiger charge is 1.97. The van der Waals surface area contributed by atoms with Crippen LogP contribution in [0.25, 0.3) is 10.8 Å². The van der Waals surface area contributed by atoms with E-state index in [-0.39, 0.29) is 0 Å². The van der Waals surface area contributed by atoms with E-state index < -0.39 is 0 Å². The van der Waals surface area contributed by atoms with Crippen molar-refractivity contribution in [2.24, 2.45) is 0 Å². The van der Waals surface area contributed by atoms with Gasteiger partial charge in [-0.15, -0.1) is 0 Å². The van der Waals surface area contributed by atoms with Gasteiger partial charge in [0, 0.05) is 5.56 Å². The summed E-state index contributed by atoms with van der Waals surface area (Å²) in [4.78, 5) is 0. The van der Waals surface area contributed by atoms with Gasteiger partial charge in [0.25, 0.3) is 0 Å². The molecule has 0 spiro atoms. The highest BCUT2D eigenvalue weighted by atomic mass is 14.5. The maximum atomic E-state index is 3.91. The van der Waals surface area contributed by atoms with Crippen molar-refractivity contribution in [3.8, 4) is 0 Å². The Morgan fingerprint density at radius 1 is 0.917 bits per heavy atom. The summed E-state index contributed by atoms with van der Waals surface area (Å²) in [7, 11) is 0. The zero-order chi connectivity index (χ0) is 8.39. The van der Waals surface area contributed by atoms with Crippen LogP contribution >= 0.6 is 0 Å². The first-order valence-electron chi connectivity index (χ1n) is 4.17. The molecule has 0 amide bonds. The van der Waals surface area contributed by atoms with E-state index in [1.165, 1.54) is 16.3 Å². The molecule has 0 saturated carbocycles. The van der Waals surface area contributed by atoms with Crippen molar-refractivity contribution in [2.45, 2.75) is 6.54 Å². The molecule has 12 heavy (non-hydrogen) atoms. The quantitative estimate of drug-likeness (QED) is 0.652. The standard InChI is InChI=1S/C11H11N/c12-8-10-6-3-5-9-4-1-2-7-11(9)10/h1-7H,8,12H2/p+1. The van der Waals surface area contributed by atoms with E-state index in [4.69, 9.17) is 0 Å². The lowest BCUT2D eigenvalue weighted by molar-refractivity contribution is -0.386. The third kappa shape index (κ3) is 1.08. The molecule has 0 radical (unpaired) electrons. The van der Waals surface area contributed by atoms with Crippen LogP contribution in [0.1, 0.15) is 5.56 Å². The molecule has 0 atom stereocenters. The average Bonchev–Trinajstić information content (AvgIpc) is 2.17. The molecule has 0 bridgehead atoms. The lowest BCUT2D eigenvalue weighted by Crippen LogP contribution is -2.47. The van der Waals surface area contributed by atoms with E-state index in [0.717, 1.165) is 6.54 Å². The van der Waals surface area contributed by atoms with Gasteiger partial charge in [0.2, 0.25) is 0 Å². The molecule has 0 aliphatic carbocycles. The van der Waals surface area contributed by atoms with Crippen molar-refractivity contribution in [2.75, 3.05) is 0 Å². The van der Waals surface area contributed by atoms with Gasteiger partial charge in [0.05, 0.1) is 0 Å². The first-order chi connectivity index (χ1) is 5.92. The number of quaternary nitrogens is 1. The monoisotopic (exact) mass is 158 g/mol. The van der Waals surface area contributed by atoms with Crippen LogP contribution in [-0.2, 0) is 6.54 Å². The fourth-order valence-electron chi connectivity index (χ4n) is 1.51. The minimum Gasteiger partial charge on any atom is -0.354 e. The van der Waals surface area contributed by atoms with Crippen LogP contribution in [0.4, 0.5) is 0 Å². The first kappa shape index (κ1) is 7.32. The smallest absolute Gasteiger partial charge is 0.100 e. The minimum atomic E-state index is 0.862. The summed E-state index contributed by atoms with van der Waals surface area (Å²) in [5.74, 6) is 0. The molecule has 1 heteroatoms. The van der Waals surface area contributed by atoms with Crippen molar-refractivity contribution in [1.29, 1.82) is 0 Å². The van der Waals surface area contributed by atoms with Crippen molar-refractivity contribution < 1.29 is 5.73 Å². The molecule has 0 aliphatic rings. The van der Waals surface area contributed by atoms with Crippen LogP contribution in [0.2, 0.25) is 0 Å². The van der Waals surface area contributed by atoms with Gasteiger partial charge in [-0.1, -0.05) is 42.5 Å². The predicted octanol–water partition coefficient (Wildman–Crippen LogP) is 1.58. The van der Waals surface area contributed by atoms with Gasteiger partial charge in [-0.3, -0.25) is 0 Å². The van der Waals surface area contributed by atoms with E-state index >= 15 is 0 Å². The van der Waals surface area contributed by atoms with E-state index in [1.54, 1.807) is 0 Å². The SMILES string of the molecule is [NH3+]Cc1cccc2ccccc12. The van der Waals surface area contributed by atoms with Gasteiger partial charge in [-0.25, -0.2) is 0 Å². The van der Waals surface area contributed by atoms with Gasteiger partial charge in [-0.05, 0) is 10.8 Å². The van der Waals surface area contributed by atoms with Crippen molar-refractivity contribution >= 4 is 10.8 Å². The van der Waals surface area contributed by atoms with Crippen molar-refractivity contribution in [3.05, 3.63) is 48.0 Å². The van der Waals surface area contributed by atoms with Gasteiger partial charge in [-0.2, -0.15) is 0 Å². The summed E-state index contributed by atoms with van der Waals surface area (Å²) in [5, 5.41) is 2.63. The number of benzene rings is 2. The molecule has 0 aromatic heterocycles. The number of hydrogen-bond acceptors (Lipinski definition) is 0. The van der Waals surface area contributed by atoms with Gasteiger partial charge < -0.3 is 5.73 Å². The van der Waals surface area contributed by atoms with Crippen LogP contribution in [0.5, 0.6) is 0 Å². The van der Waals surface area contributed by atoms with Gasteiger partial charge >= 0.3 is 0 Å². The maximum absolute atomic E-state index is 3.91. The van der Waals surface area contributed by atoms with Crippen LogP contribution in [0, 0.1) is 0 Å². The molecule has 1 nitrogen and oxygen atoms in total. The number of fused-ring (bicyclic) bond motifs is 1. The van der Waals surface area contributed by atoms with E-state index in [1.807, 2.05) is 0 Å². The minimum absolute atomic E-state index is 0.862. The highest BCUT2D eigenvalue weighted by molar-refractivity contribution is 5.85. The Bertz CT molecular complexity index is 388. The third-order valence-electron chi connectivity index (χ3n) is 2.15. The Labute approximate surface area is 71.8 Å². The second-order valence-corrected chi connectivity index (χ2v) is 2.89. The normalized spacial score (nSPS) is 10.4. The Morgan fingerprint density at radius 3 is 2.50 bits per heavy atom. The van der Waals surface area contributed by atoms with Gasteiger partial charge in [0.15, 0.2) is 0 Å². The summed E-state index contributed by atoms with van der Waals surface area (Å²) < 4.78 is 0. The molecule has 0 unspecified atom stereocenters. The molecule has 2 rings (SSSR count). The zero-order valence-corrected chi connectivity index (χ0v) is 6.96. The lowest BCUT2D eigenvalue weighted by Gasteiger charge is -2.00. The molecule has 0 heterocycles. The first-order valence-corrected chi connectivity index (χ1v) is 4.17. The fraction of sp³-hybridized carbons (Fsp3) is 0.0909.